The largest absolute Gasteiger partial charge is 0.462 e. The Morgan fingerprint density at radius 3 is 2.55 bits per heavy atom. The minimum Gasteiger partial charge on any atom is -0.462 e. The Morgan fingerprint density at radius 2 is 1.86 bits per heavy atom. The molecular weight excluding hydrogens is 394 g/mol. The van der Waals surface area contributed by atoms with Crippen LogP contribution >= 0.6 is 11.3 Å². The van der Waals surface area contributed by atoms with Crippen molar-refractivity contribution >= 4 is 39.7 Å². The third-order valence-electron chi connectivity index (χ3n) is 3.90. The number of hydrogen-bond donors (Lipinski definition) is 2. The van der Waals surface area contributed by atoms with Crippen LogP contribution in [0.15, 0.2) is 60.0 Å². The number of amides is 2. The number of carbonyl (C=O) groups excluding carboxylic acids is 2. The Hall–Kier alpha value is -3.72. The predicted octanol–water partition coefficient (Wildman–Crippen LogP) is 5.14. The third-order valence-corrected chi connectivity index (χ3v) is 4.79. The number of nitro benzene ring substituents is 1. The van der Waals surface area contributed by atoms with E-state index in [9.17, 15) is 19.7 Å². The van der Waals surface area contributed by atoms with E-state index in [1.807, 2.05) is 6.07 Å². The number of thiophene rings is 1. The van der Waals surface area contributed by atoms with E-state index in [1.165, 1.54) is 18.2 Å². The molecule has 0 unspecified atom stereocenters. The van der Waals surface area contributed by atoms with E-state index in [2.05, 4.69) is 10.6 Å². The maximum atomic E-state index is 12.6. The number of nitrogens with one attached hydrogen (secondary N) is 2. The number of nitro groups is 1. The number of hydrogen-bond acceptors (Lipinski definition) is 6. The number of ether oxygens (including phenoxy) is 1. The molecule has 9 heteroatoms. The smallest absolute Gasteiger partial charge is 0.341 e. The summed E-state index contributed by atoms with van der Waals surface area (Å²) in [5.74, 6) is -0.620. The van der Waals surface area contributed by atoms with Gasteiger partial charge in [-0.2, -0.15) is 0 Å². The summed E-state index contributed by atoms with van der Waals surface area (Å²) in [6, 6.07) is 14.3. The van der Waals surface area contributed by atoms with E-state index in [-0.39, 0.29) is 17.9 Å². The monoisotopic (exact) mass is 411 g/mol. The summed E-state index contributed by atoms with van der Waals surface area (Å²) in [5.41, 5.74) is 1.58. The van der Waals surface area contributed by atoms with Gasteiger partial charge in [0, 0.05) is 28.8 Å². The minimum atomic E-state index is -0.620. The number of benzene rings is 2. The van der Waals surface area contributed by atoms with Crippen LogP contribution in [0.4, 0.5) is 21.2 Å². The second kappa shape index (κ2) is 8.98. The van der Waals surface area contributed by atoms with Gasteiger partial charge in [0.25, 0.3) is 5.69 Å². The van der Waals surface area contributed by atoms with Crippen LogP contribution in [0.2, 0.25) is 0 Å². The zero-order valence-electron chi connectivity index (χ0n) is 15.4. The minimum absolute atomic E-state index is 0.0974. The molecule has 1 aromatic heterocycles. The molecule has 3 aromatic rings. The van der Waals surface area contributed by atoms with Crippen molar-refractivity contribution in [3.05, 3.63) is 75.7 Å². The molecule has 148 valence electrons. The second-order valence-electron chi connectivity index (χ2n) is 5.83. The fourth-order valence-electron chi connectivity index (χ4n) is 2.64. The molecule has 0 spiro atoms. The molecule has 0 aliphatic carbocycles. The van der Waals surface area contributed by atoms with Gasteiger partial charge in [-0.3, -0.25) is 15.4 Å². The van der Waals surface area contributed by atoms with Crippen LogP contribution in [0.3, 0.4) is 0 Å². The Morgan fingerprint density at radius 1 is 1.10 bits per heavy atom. The number of para-hydroxylation sites is 1. The summed E-state index contributed by atoms with van der Waals surface area (Å²) in [6.07, 6.45) is 0. The number of urea groups is 1. The molecule has 0 aliphatic heterocycles. The molecule has 0 radical (unpaired) electrons. The van der Waals surface area contributed by atoms with Gasteiger partial charge in [0.05, 0.1) is 11.5 Å². The Kier molecular flexibility index (Phi) is 6.20. The molecule has 0 saturated carbocycles. The lowest BCUT2D eigenvalue weighted by molar-refractivity contribution is -0.384. The summed E-state index contributed by atoms with van der Waals surface area (Å²) in [7, 11) is 0. The molecule has 3 rings (SSSR count). The van der Waals surface area contributed by atoms with Crippen molar-refractivity contribution in [1.29, 1.82) is 0 Å². The lowest BCUT2D eigenvalue weighted by Gasteiger charge is -2.10. The highest BCUT2D eigenvalue weighted by Gasteiger charge is 2.23. The Balaban J connectivity index is 1.94. The summed E-state index contributed by atoms with van der Waals surface area (Å²) in [6.45, 7) is 1.82. The van der Waals surface area contributed by atoms with Gasteiger partial charge < -0.3 is 10.1 Å². The maximum Gasteiger partial charge on any atom is 0.341 e. The third kappa shape index (κ3) is 4.77. The number of carbonyl (C=O) groups is 2. The van der Waals surface area contributed by atoms with Gasteiger partial charge in [-0.25, -0.2) is 9.59 Å². The van der Waals surface area contributed by atoms with Gasteiger partial charge in [-0.05, 0) is 24.6 Å². The fourth-order valence-corrected chi connectivity index (χ4v) is 3.59. The molecule has 0 fully saturated rings. The predicted molar refractivity (Wildman–Crippen MR) is 111 cm³/mol. The van der Waals surface area contributed by atoms with Gasteiger partial charge >= 0.3 is 12.0 Å². The van der Waals surface area contributed by atoms with E-state index in [0.717, 1.165) is 11.3 Å². The van der Waals surface area contributed by atoms with Crippen LogP contribution in [0.1, 0.15) is 17.3 Å². The van der Waals surface area contributed by atoms with Crippen molar-refractivity contribution in [2.45, 2.75) is 6.92 Å². The summed E-state index contributed by atoms with van der Waals surface area (Å²) in [4.78, 5) is 35.5. The molecule has 2 N–H and O–H groups in total. The molecule has 0 atom stereocenters. The first kappa shape index (κ1) is 20.0. The van der Waals surface area contributed by atoms with Gasteiger partial charge in [0.2, 0.25) is 0 Å². The zero-order valence-corrected chi connectivity index (χ0v) is 16.2. The molecule has 0 bridgehead atoms. The Bertz CT molecular complexity index is 1050. The van der Waals surface area contributed by atoms with Crippen molar-refractivity contribution in [1.82, 2.24) is 0 Å². The molecular formula is C20H17N3O5S. The van der Waals surface area contributed by atoms with E-state index >= 15 is 0 Å². The van der Waals surface area contributed by atoms with Crippen LogP contribution in [-0.4, -0.2) is 23.5 Å². The normalized spacial score (nSPS) is 10.2. The average molecular weight is 411 g/mol. The van der Waals surface area contributed by atoms with Gasteiger partial charge in [-0.1, -0.05) is 30.3 Å². The van der Waals surface area contributed by atoms with E-state index in [0.29, 0.717) is 21.8 Å². The van der Waals surface area contributed by atoms with Crippen molar-refractivity contribution in [3.63, 3.8) is 0 Å². The highest BCUT2D eigenvalue weighted by atomic mass is 32.1. The van der Waals surface area contributed by atoms with Gasteiger partial charge in [0.15, 0.2) is 0 Å². The standard InChI is InChI=1S/C20H17N3O5S/c1-2-28-19(24)17-16(13-7-6-10-15(11-13)23(26)27)12-29-18(17)22-20(25)21-14-8-4-3-5-9-14/h3-12H,2H2,1H3,(H2,21,22,25). The van der Waals surface area contributed by atoms with Crippen molar-refractivity contribution in [2.24, 2.45) is 0 Å². The molecule has 1 heterocycles. The van der Waals surface area contributed by atoms with E-state index in [1.54, 1.807) is 42.6 Å². The molecule has 2 amide bonds. The van der Waals surface area contributed by atoms with E-state index < -0.39 is 16.9 Å². The van der Waals surface area contributed by atoms with E-state index in [4.69, 9.17) is 4.74 Å². The molecule has 2 aromatic carbocycles. The molecule has 0 aliphatic rings. The first-order valence-corrected chi connectivity index (χ1v) is 9.54. The zero-order chi connectivity index (χ0) is 20.8. The first-order valence-electron chi connectivity index (χ1n) is 8.66. The molecule has 29 heavy (non-hydrogen) atoms. The van der Waals surface area contributed by atoms with Crippen LogP contribution in [0.5, 0.6) is 0 Å². The molecule has 8 nitrogen and oxygen atoms in total. The second-order valence-corrected chi connectivity index (χ2v) is 6.71. The lowest BCUT2D eigenvalue weighted by atomic mass is 10.0. The number of anilines is 2. The summed E-state index contributed by atoms with van der Waals surface area (Å²) >= 11 is 1.14. The fraction of sp³-hybridized carbons (Fsp3) is 0.100. The topological polar surface area (TPSA) is 111 Å². The molecule has 0 saturated heterocycles. The summed E-state index contributed by atoms with van der Waals surface area (Å²) in [5, 5.41) is 18.4. The lowest BCUT2D eigenvalue weighted by Crippen LogP contribution is -2.20. The maximum absolute atomic E-state index is 12.6. The quantitative estimate of drug-likeness (QED) is 0.331. The average Bonchev–Trinajstić information content (AvgIpc) is 3.12. The van der Waals surface area contributed by atoms with Crippen molar-refractivity contribution < 1.29 is 19.2 Å². The number of non-ortho nitro benzene ring substituents is 1. The number of esters is 1. The number of rotatable bonds is 6. The number of nitrogens with zero attached hydrogens (tertiary/aromatic N) is 1. The summed E-state index contributed by atoms with van der Waals surface area (Å²) < 4.78 is 5.13. The SMILES string of the molecule is CCOC(=O)c1c(-c2cccc([N+](=O)[O-])c2)csc1NC(=O)Nc1ccccc1. The van der Waals surface area contributed by atoms with Crippen LogP contribution in [0, 0.1) is 10.1 Å². The van der Waals surface area contributed by atoms with Crippen LogP contribution in [0.25, 0.3) is 11.1 Å². The van der Waals surface area contributed by atoms with Crippen molar-refractivity contribution in [3.8, 4) is 11.1 Å². The van der Waals surface area contributed by atoms with Gasteiger partial charge in [-0.15, -0.1) is 11.3 Å². The highest BCUT2D eigenvalue weighted by molar-refractivity contribution is 7.15. The van der Waals surface area contributed by atoms with Crippen LogP contribution in [-0.2, 0) is 4.74 Å². The highest BCUT2D eigenvalue weighted by Crippen LogP contribution is 2.37. The van der Waals surface area contributed by atoms with Gasteiger partial charge in [0.1, 0.15) is 10.6 Å². The Labute approximate surface area is 170 Å². The van der Waals surface area contributed by atoms with Crippen LogP contribution < -0.4 is 10.6 Å². The first-order chi connectivity index (χ1) is 14.0. The van der Waals surface area contributed by atoms with Crippen molar-refractivity contribution in [2.75, 3.05) is 17.2 Å².